The van der Waals surface area contributed by atoms with Gasteiger partial charge in [-0.2, -0.15) is 0 Å². The molecule has 0 saturated heterocycles. The second kappa shape index (κ2) is 4.45. The number of pyridine rings is 1. The molecule has 2 nitrogen and oxygen atoms in total. The molecule has 82 valence electrons. The van der Waals surface area contributed by atoms with E-state index in [9.17, 15) is 5.11 Å². The number of aromatic nitrogens is 1. The molecule has 1 heterocycles. The fourth-order valence-electron chi connectivity index (χ4n) is 1.77. The van der Waals surface area contributed by atoms with Crippen LogP contribution >= 0.6 is 0 Å². The molecule has 2 heteroatoms. The summed E-state index contributed by atoms with van der Waals surface area (Å²) in [6.07, 6.45) is 1.06. The number of nitrogens with zero attached hydrogens (tertiary/aromatic N) is 1. The van der Waals surface area contributed by atoms with Gasteiger partial charge in [0, 0.05) is 6.20 Å². The highest BCUT2D eigenvalue weighted by molar-refractivity contribution is 5.37. The summed E-state index contributed by atoms with van der Waals surface area (Å²) < 4.78 is 0. The van der Waals surface area contributed by atoms with E-state index >= 15 is 0 Å². The Labute approximate surface area is 95.6 Å². The molecule has 0 bridgehead atoms. The Kier molecular flexibility index (Phi) is 3.02. The number of aryl methyl sites for hydroxylation is 1. The van der Waals surface area contributed by atoms with Gasteiger partial charge in [-0.1, -0.05) is 24.3 Å². The van der Waals surface area contributed by atoms with Crippen molar-refractivity contribution in [2.75, 3.05) is 0 Å². The van der Waals surface area contributed by atoms with E-state index in [1.54, 1.807) is 6.20 Å². The highest BCUT2D eigenvalue weighted by Crippen LogP contribution is 2.24. The van der Waals surface area contributed by atoms with Crippen molar-refractivity contribution in [3.8, 4) is 0 Å². The first-order valence-electron chi connectivity index (χ1n) is 5.35. The average Bonchev–Trinajstić information content (AvgIpc) is 2.33. The van der Waals surface area contributed by atoms with E-state index in [0.29, 0.717) is 5.69 Å². The minimum Gasteiger partial charge on any atom is -0.382 e. The van der Waals surface area contributed by atoms with Gasteiger partial charge >= 0.3 is 0 Å². The molecule has 0 amide bonds. The van der Waals surface area contributed by atoms with E-state index in [4.69, 9.17) is 0 Å². The third-order valence-corrected chi connectivity index (χ3v) is 2.91. The Morgan fingerprint density at radius 2 is 1.88 bits per heavy atom. The maximum absolute atomic E-state index is 10.2. The maximum Gasteiger partial charge on any atom is 0.121 e. The van der Waals surface area contributed by atoms with Crippen LogP contribution < -0.4 is 0 Å². The Morgan fingerprint density at radius 1 is 1.06 bits per heavy atom. The summed E-state index contributed by atoms with van der Waals surface area (Å²) in [5, 5.41) is 10.2. The molecule has 0 fully saturated rings. The van der Waals surface area contributed by atoms with Gasteiger partial charge < -0.3 is 5.11 Å². The number of benzene rings is 1. The van der Waals surface area contributed by atoms with Crippen LogP contribution in [0.25, 0.3) is 0 Å². The number of aliphatic hydroxyl groups excluding tert-OH is 1. The third kappa shape index (κ3) is 1.97. The molecular weight excluding hydrogens is 198 g/mol. The van der Waals surface area contributed by atoms with Crippen LogP contribution in [0.15, 0.2) is 42.6 Å². The van der Waals surface area contributed by atoms with Crippen LogP contribution in [0, 0.1) is 13.8 Å². The third-order valence-electron chi connectivity index (χ3n) is 2.91. The molecule has 1 atom stereocenters. The Bertz CT molecular complexity index is 479. The quantitative estimate of drug-likeness (QED) is 0.832. The van der Waals surface area contributed by atoms with E-state index in [2.05, 4.69) is 4.98 Å². The Balaban J connectivity index is 2.42. The molecule has 1 N–H and O–H groups in total. The Morgan fingerprint density at radius 3 is 2.56 bits per heavy atom. The SMILES string of the molecule is Cc1cccc(C(O)c2ccccn2)c1C. The van der Waals surface area contributed by atoms with Crippen molar-refractivity contribution in [1.29, 1.82) is 0 Å². The first-order valence-corrected chi connectivity index (χ1v) is 5.35. The second-order valence-electron chi connectivity index (χ2n) is 3.95. The fraction of sp³-hybridized carbons (Fsp3) is 0.214. The van der Waals surface area contributed by atoms with E-state index in [-0.39, 0.29) is 0 Å². The standard InChI is InChI=1S/C14H15NO/c1-10-6-5-7-12(11(10)2)14(16)13-8-3-4-9-15-13/h3-9,14,16H,1-2H3. The summed E-state index contributed by atoms with van der Waals surface area (Å²) >= 11 is 0. The van der Waals surface area contributed by atoms with E-state index in [1.165, 1.54) is 5.56 Å². The predicted octanol–water partition coefficient (Wildman–Crippen LogP) is 2.78. The lowest BCUT2D eigenvalue weighted by Crippen LogP contribution is -2.04. The lowest BCUT2D eigenvalue weighted by Gasteiger charge is -2.14. The highest BCUT2D eigenvalue weighted by atomic mass is 16.3. The van der Waals surface area contributed by atoms with Gasteiger partial charge in [-0.3, -0.25) is 4.98 Å². The average molecular weight is 213 g/mol. The number of rotatable bonds is 2. The van der Waals surface area contributed by atoms with Crippen molar-refractivity contribution in [3.05, 3.63) is 65.0 Å². The van der Waals surface area contributed by atoms with Crippen molar-refractivity contribution in [1.82, 2.24) is 4.98 Å². The van der Waals surface area contributed by atoms with Gasteiger partial charge in [0.25, 0.3) is 0 Å². The summed E-state index contributed by atoms with van der Waals surface area (Å²) in [6, 6.07) is 11.5. The number of hydrogen-bond donors (Lipinski definition) is 1. The van der Waals surface area contributed by atoms with E-state index < -0.39 is 6.10 Å². The van der Waals surface area contributed by atoms with Crippen LogP contribution in [0.4, 0.5) is 0 Å². The largest absolute Gasteiger partial charge is 0.382 e. The van der Waals surface area contributed by atoms with Crippen LogP contribution in [0.5, 0.6) is 0 Å². The molecule has 2 rings (SSSR count). The molecule has 1 aromatic carbocycles. The minimum absolute atomic E-state index is 0.638. The topological polar surface area (TPSA) is 33.1 Å². The van der Waals surface area contributed by atoms with Gasteiger partial charge in [0.05, 0.1) is 5.69 Å². The van der Waals surface area contributed by atoms with Crippen molar-refractivity contribution >= 4 is 0 Å². The summed E-state index contributed by atoms with van der Waals surface area (Å²) in [5.41, 5.74) is 3.93. The van der Waals surface area contributed by atoms with Crippen LogP contribution in [0.2, 0.25) is 0 Å². The molecule has 0 spiro atoms. The molecular formula is C14H15NO. The monoisotopic (exact) mass is 213 g/mol. The summed E-state index contributed by atoms with van der Waals surface area (Å²) in [6.45, 7) is 4.07. The zero-order chi connectivity index (χ0) is 11.5. The summed E-state index contributed by atoms with van der Waals surface area (Å²) in [4.78, 5) is 4.18. The molecule has 0 saturated carbocycles. The number of hydrogen-bond acceptors (Lipinski definition) is 2. The zero-order valence-electron chi connectivity index (χ0n) is 9.51. The summed E-state index contributed by atoms with van der Waals surface area (Å²) in [5.74, 6) is 0. The van der Waals surface area contributed by atoms with Gasteiger partial charge in [0.2, 0.25) is 0 Å². The van der Waals surface area contributed by atoms with Gasteiger partial charge in [-0.25, -0.2) is 0 Å². The van der Waals surface area contributed by atoms with Crippen molar-refractivity contribution in [2.45, 2.75) is 20.0 Å². The lowest BCUT2D eigenvalue weighted by molar-refractivity contribution is 0.214. The first-order chi connectivity index (χ1) is 7.70. The summed E-state index contributed by atoms with van der Waals surface area (Å²) in [7, 11) is 0. The molecule has 1 unspecified atom stereocenters. The normalized spacial score (nSPS) is 12.4. The van der Waals surface area contributed by atoms with Gasteiger partial charge in [-0.05, 0) is 42.7 Å². The van der Waals surface area contributed by atoms with Crippen LogP contribution in [-0.2, 0) is 0 Å². The van der Waals surface area contributed by atoms with Gasteiger partial charge in [0.1, 0.15) is 6.10 Å². The molecule has 1 aromatic heterocycles. The predicted molar refractivity (Wildman–Crippen MR) is 64.2 cm³/mol. The molecule has 0 aliphatic carbocycles. The molecule has 16 heavy (non-hydrogen) atoms. The van der Waals surface area contributed by atoms with E-state index in [1.807, 2.05) is 50.2 Å². The number of aliphatic hydroxyl groups is 1. The van der Waals surface area contributed by atoms with Crippen molar-refractivity contribution in [3.63, 3.8) is 0 Å². The van der Waals surface area contributed by atoms with Crippen LogP contribution in [0.3, 0.4) is 0 Å². The van der Waals surface area contributed by atoms with Crippen LogP contribution in [0.1, 0.15) is 28.5 Å². The maximum atomic E-state index is 10.2. The fourth-order valence-corrected chi connectivity index (χ4v) is 1.77. The molecule has 0 aliphatic rings. The smallest absolute Gasteiger partial charge is 0.121 e. The molecule has 2 aromatic rings. The second-order valence-corrected chi connectivity index (χ2v) is 3.95. The van der Waals surface area contributed by atoms with E-state index in [0.717, 1.165) is 11.1 Å². The highest BCUT2D eigenvalue weighted by Gasteiger charge is 2.14. The van der Waals surface area contributed by atoms with Crippen molar-refractivity contribution < 1.29 is 5.11 Å². The lowest BCUT2D eigenvalue weighted by atomic mass is 9.97. The molecule has 0 radical (unpaired) electrons. The molecule has 0 aliphatic heterocycles. The minimum atomic E-state index is -0.638. The van der Waals surface area contributed by atoms with Crippen LogP contribution in [-0.4, -0.2) is 10.1 Å². The van der Waals surface area contributed by atoms with Gasteiger partial charge in [0.15, 0.2) is 0 Å². The van der Waals surface area contributed by atoms with Crippen molar-refractivity contribution in [2.24, 2.45) is 0 Å². The van der Waals surface area contributed by atoms with Gasteiger partial charge in [-0.15, -0.1) is 0 Å². The first kappa shape index (κ1) is 10.8. The zero-order valence-corrected chi connectivity index (χ0v) is 9.51. The Hall–Kier alpha value is -1.67.